The summed E-state index contributed by atoms with van der Waals surface area (Å²) in [7, 11) is 1.52. The molecule has 1 aliphatic carbocycles. The van der Waals surface area contributed by atoms with E-state index in [1.165, 1.54) is 7.11 Å². The maximum Gasteiger partial charge on any atom is 0.291 e. The normalized spacial score (nSPS) is 14.0. The van der Waals surface area contributed by atoms with Crippen molar-refractivity contribution in [2.45, 2.75) is 33.1 Å². The summed E-state index contributed by atoms with van der Waals surface area (Å²) in [6.45, 7) is 3.69. The van der Waals surface area contributed by atoms with Gasteiger partial charge in [-0.1, -0.05) is 29.8 Å². The van der Waals surface area contributed by atoms with Gasteiger partial charge in [-0.05, 0) is 56.5 Å². The molecule has 2 N–H and O–H groups in total. The third-order valence-corrected chi connectivity index (χ3v) is 5.86. The molecule has 0 fully saturated rings. The predicted octanol–water partition coefficient (Wildman–Crippen LogP) is 5.28. The summed E-state index contributed by atoms with van der Waals surface area (Å²) in [5.41, 5.74) is 6.68. The van der Waals surface area contributed by atoms with Crippen molar-refractivity contribution in [2.75, 3.05) is 12.4 Å². The minimum atomic E-state index is -0.411. The van der Waals surface area contributed by atoms with Crippen LogP contribution >= 0.6 is 11.6 Å². The van der Waals surface area contributed by atoms with Crippen molar-refractivity contribution >= 4 is 34.8 Å². The van der Waals surface area contributed by atoms with Crippen LogP contribution in [0.3, 0.4) is 0 Å². The number of anilines is 1. The van der Waals surface area contributed by atoms with Gasteiger partial charge in [-0.15, -0.1) is 0 Å². The molecule has 1 aromatic heterocycles. The Morgan fingerprint density at radius 1 is 1.09 bits per heavy atom. The molecule has 1 aliphatic rings. The number of amides is 2. The van der Waals surface area contributed by atoms with Crippen LogP contribution in [0.5, 0.6) is 5.75 Å². The number of aryl methyl sites for hydroxylation is 2. The third kappa shape index (κ3) is 4.64. The van der Waals surface area contributed by atoms with E-state index in [0.29, 0.717) is 51.9 Å². The van der Waals surface area contributed by atoms with Crippen molar-refractivity contribution in [1.82, 2.24) is 5.43 Å². The number of furan rings is 1. The van der Waals surface area contributed by atoms with Gasteiger partial charge in [0, 0.05) is 28.1 Å². The highest BCUT2D eigenvalue weighted by Gasteiger charge is 2.28. The van der Waals surface area contributed by atoms with E-state index >= 15 is 0 Å². The predicted molar refractivity (Wildman–Crippen MR) is 128 cm³/mol. The zero-order valence-corrected chi connectivity index (χ0v) is 19.4. The van der Waals surface area contributed by atoms with Crippen molar-refractivity contribution in [3.05, 3.63) is 81.3 Å². The summed E-state index contributed by atoms with van der Waals surface area (Å²) in [5.74, 6) is 0.682. The Balaban J connectivity index is 1.59. The fraction of sp³-hybridized carbons (Fsp3) is 0.240. The molecular formula is C25H24ClN3O4. The van der Waals surface area contributed by atoms with Crippen LogP contribution in [-0.4, -0.2) is 24.6 Å². The van der Waals surface area contributed by atoms with Gasteiger partial charge in [0.15, 0.2) is 5.76 Å². The zero-order chi connectivity index (χ0) is 23.5. The first-order valence-electron chi connectivity index (χ1n) is 10.6. The standard InChI is InChI=1S/C25H24ClN3O4/c1-14-7-4-5-8-17(14)24(30)29-28-18-9-6-10-21-22(18)15(2)23(33-21)25(31)27-19-13-16(26)11-12-20(19)32-3/h4-5,7-8,11-13H,6,9-10H2,1-3H3,(H,27,31)(H,29,30)/b28-18+. The summed E-state index contributed by atoms with van der Waals surface area (Å²) in [5, 5.41) is 7.67. The number of hydrogen-bond acceptors (Lipinski definition) is 5. The molecule has 0 atom stereocenters. The number of ether oxygens (including phenoxy) is 1. The number of benzene rings is 2. The molecule has 0 unspecified atom stereocenters. The maximum absolute atomic E-state index is 13.0. The van der Waals surface area contributed by atoms with Crippen LogP contribution < -0.4 is 15.5 Å². The van der Waals surface area contributed by atoms with E-state index in [1.54, 1.807) is 24.3 Å². The minimum Gasteiger partial charge on any atom is -0.495 e. The van der Waals surface area contributed by atoms with E-state index in [4.69, 9.17) is 20.8 Å². The molecule has 3 aromatic rings. The number of nitrogens with zero attached hydrogens (tertiary/aromatic N) is 1. The Morgan fingerprint density at radius 3 is 2.64 bits per heavy atom. The molecule has 0 saturated carbocycles. The Kier molecular flexibility index (Phi) is 6.51. The number of fused-ring (bicyclic) bond motifs is 1. The highest BCUT2D eigenvalue weighted by Crippen LogP contribution is 2.32. The minimum absolute atomic E-state index is 0.196. The molecule has 8 heteroatoms. The van der Waals surface area contributed by atoms with Crippen LogP contribution in [0.1, 0.15) is 56.2 Å². The fourth-order valence-electron chi connectivity index (χ4n) is 3.96. The molecule has 2 aromatic carbocycles. The number of rotatable bonds is 5. The van der Waals surface area contributed by atoms with Gasteiger partial charge in [-0.25, -0.2) is 5.43 Å². The number of carbonyl (C=O) groups is 2. The van der Waals surface area contributed by atoms with Crippen molar-refractivity contribution < 1.29 is 18.7 Å². The molecule has 170 valence electrons. The molecule has 0 bridgehead atoms. The van der Waals surface area contributed by atoms with Crippen molar-refractivity contribution in [3.63, 3.8) is 0 Å². The second-order valence-corrected chi connectivity index (χ2v) is 8.26. The molecule has 0 aliphatic heterocycles. The number of hydrazone groups is 1. The van der Waals surface area contributed by atoms with Gasteiger partial charge in [0.1, 0.15) is 11.5 Å². The van der Waals surface area contributed by atoms with E-state index in [2.05, 4.69) is 15.8 Å². The first-order valence-corrected chi connectivity index (χ1v) is 11.0. The smallest absolute Gasteiger partial charge is 0.291 e. The van der Waals surface area contributed by atoms with E-state index in [9.17, 15) is 9.59 Å². The number of methoxy groups -OCH3 is 1. The lowest BCUT2D eigenvalue weighted by Gasteiger charge is -2.13. The highest BCUT2D eigenvalue weighted by atomic mass is 35.5. The van der Waals surface area contributed by atoms with Crippen LogP contribution in [-0.2, 0) is 6.42 Å². The summed E-state index contributed by atoms with van der Waals surface area (Å²) >= 11 is 6.07. The first-order chi connectivity index (χ1) is 15.9. The second kappa shape index (κ2) is 9.50. The highest BCUT2D eigenvalue weighted by molar-refractivity contribution is 6.31. The summed E-state index contributed by atoms with van der Waals surface area (Å²) < 4.78 is 11.2. The van der Waals surface area contributed by atoms with Gasteiger partial charge < -0.3 is 14.5 Å². The maximum atomic E-state index is 13.0. The van der Waals surface area contributed by atoms with Crippen LogP contribution in [0, 0.1) is 13.8 Å². The van der Waals surface area contributed by atoms with Gasteiger partial charge in [0.2, 0.25) is 0 Å². The number of hydrogen-bond donors (Lipinski definition) is 2. The quantitative estimate of drug-likeness (QED) is 0.501. The average Bonchev–Trinajstić information content (AvgIpc) is 3.15. The number of carbonyl (C=O) groups excluding carboxylic acids is 2. The Bertz CT molecular complexity index is 1260. The van der Waals surface area contributed by atoms with Crippen LogP contribution in [0.15, 0.2) is 52.0 Å². The monoisotopic (exact) mass is 465 g/mol. The lowest BCUT2D eigenvalue weighted by Crippen LogP contribution is -2.22. The van der Waals surface area contributed by atoms with Gasteiger partial charge in [-0.2, -0.15) is 5.10 Å². The molecule has 2 amide bonds. The van der Waals surface area contributed by atoms with E-state index in [0.717, 1.165) is 17.5 Å². The average molecular weight is 466 g/mol. The number of halogens is 1. The Labute approximate surface area is 196 Å². The largest absolute Gasteiger partial charge is 0.495 e. The van der Waals surface area contributed by atoms with Crippen LogP contribution in [0.4, 0.5) is 5.69 Å². The Morgan fingerprint density at radius 2 is 1.88 bits per heavy atom. The number of nitrogens with one attached hydrogen (secondary N) is 2. The first kappa shape index (κ1) is 22.6. The van der Waals surface area contributed by atoms with E-state index < -0.39 is 5.91 Å². The SMILES string of the molecule is COc1ccc(Cl)cc1NC(=O)c1oc2c(c1C)/C(=N/NC(=O)c1ccccc1C)CCC2. The zero-order valence-electron chi connectivity index (χ0n) is 18.6. The molecule has 0 radical (unpaired) electrons. The molecule has 1 heterocycles. The molecule has 0 saturated heterocycles. The van der Waals surface area contributed by atoms with Crippen molar-refractivity contribution in [1.29, 1.82) is 0 Å². The molecular weight excluding hydrogens is 442 g/mol. The molecule has 4 rings (SSSR count). The van der Waals surface area contributed by atoms with E-state index in [-0.39, 0.29) is 11.7 Å². The summed E-state index contributed by atoms with van der Waals surface area (Å²) in [4.78, 5) is 25.6. The van der Waals surface area contributed by atoms with Gasteiger partial charge in [-0.3, -0.25) is 9.59 Å². The molecule has 0 spiro atoms. The lowest BCUT2D eigenvalue weighted by atomic mass is 9.93. The van der Waals surface area contributed by atoms with Gasteiger partial charge in [0.05, 0.1) is 18.5 Å². The third-order valence-electron chi connectivity index (χ3n) is 5.62. The van der Waals surface area contributed by atoms with Crippen LogP contribution in [0.25, 0.3) is 0 Å². The summed E-state index contributed by atoms with van der Waals surface area (Å²) in [6, 6.07) is 12.3. The second-order valence-electron chi connectivity index (χ2n) is 7.82. The van der Waals surface area contributed by atoms with Crippen molar-refractivity contribution in [3.8, 4) is 5.75 Å². The molecule has 7 nitrogen and oxygen atoms in total. The van der Waals surface area contributed by atoms with Crippen molar-refractivity contribution in [2.24, 2.45) is 5.10 Å². The van der Waals surface area contributed by atoms with Gasteiger partial charge >= 0.3 is 0 Å². The lowest BCUT2D eigenvalue weighted by molar-refractivity contribution is 0.0953. The Hall–Kier alpha value is -3.58. The van der Waals surface area contributed by atoms with Gasteiger partial charge in [0.25, 0.3) is 11.8 Å². The van der Waals surface area contributed by atoms with E-state index in [1.807, 2.05) is 32.0 Å². The van der Waals surface area contributed by atoms with Crippen LogP contribution in [0.2, 0.25) is 5.02 Å². The topological polar surface area (TPSA) is 92.9 Å². The molecule has 33 heavy (non-hydrogen) atoms. The summed E-state index contributed by atoms with van der Waals surface area (Å²) in [6.07, 6.45) is 2.17. The fourth-order valence-corrected chi connectivity index (χ4v) is 4.13.